The summed E-state index contributed by atoms with van der Waals surface area (Å²) in [6, 6.07) is 3.73. The van der Waals surface area contributed by atoms with Crippen molar-refractivity contribution >= 4 is 23.7 Å². The Kier molecular flexibility index (Phi) is 9.07. The van der Waals surface area contributed by atoms with Crippen LogP contribution in [-0.4, -0.2) is 65.2 Å². The van der Waals surface area contributed by atoms with Gasteiger partial charge in [-0.1, -0.05) is 12.1 Å². The van der Waals surface area contributed by atoms with Gasteiger partial charge >= 0.3 is 5.97 Å². The predicted octanol–water partition coefficient (Wildman–Crippen LogP) is -1.21. The van der Waals surface area contributed by atoms with Crippen molar-refractivity contribution in [2.45, 2.75) is 50.2 Å². The van der Waals surface area contributed by atoms with Crippen LogP contribution < -0.4 is 27.4 Å². The third-order valence-electron chi connectivity index (χ3n) is 4.95. The van der Waals surface area contributed by atoms with Crippen molar-refractivity contribution in [3.05, 3.63) is 29.8 Å². The first-order valence-corrected chi connectivity index (χ1v) is 10.2. The molecule has 170 valence electrons. The van der Waals surface area contributed by atoms with E-state index >= 15 is 0 Å². The lowest BCUT2D eigenvalue weighted by molar-refractivity contribution is -0.142. The second-order valence-corrected chi connectivity index (χ2v) is 7.43. The molecule has 9 N–H and O–H groups in total. The van der Waals surface area contributed by atoms with Gasteiger partial charge in [0.05, 0.1) is 6.04 Å². The summed E-state index contributed by atoms with van der Waals surface area (Å²) in [5, 5.41) is 27.2. The average Bonchev–Trinajstić information content (AvgIpc) is 3.26. The van der Waals surface area contributed by atoms with E-state index in [2.05, 4.69) is 20.9 Å². The number of benzene rings is 1. The molecule has 1 aromatic carbocycles. The van der Waals surface area contributed by atoms with Crippen LogP contribution in [0.25, 0.3) is 0 Å². The van der Waals surface area contributed by atoms with Crippen LogP contribution in [0.3, 0.4) is 0 Å². The van der Waals surface area contributed by atoms with E-state index in [1.165, 1.54) is 12.1 Å². The average molecular weight is 434 g/mol. The number of carbonyl (C=O) groups excluding carboxylic acids is 2. The van der Waals surface area contributed by atoms with E-state index in [0.717, 1.165) is 13.0 Å². The van der Waals surface area contributed by atoms with E-state index in [-0.39, 0.29) is 43.0 Å². The number of phenolic OH excluding ortho intramolecular Hbond substituents is 1. The first kappa shape index (κ1) is 23.9. The number of nitrogens with two attached hydrogens (primary N) is 2. The molecule has 1 aromatic rings. The molecule has 0 bridgehead atoms. The van der Waals surface area contributed by atoms with Gasteiger partial charge in [0.1, 0.15) is 17.8 Å². The number of aromatic hydroxyl groups is 1. The molecule has 1 aliphatic rings. The van der Waals surface area contributed by atoms with Gasteiger partial charge in [-0.15, -0.1) is 0 Å². The zero-order valence-electron chi connectivity index (χ0n) is 17.2. The normalized spacial score (nSPS) is 17.4. The molecule has 1 saturated heterocycles. The van der Waals surface area contributed by atoms with Gasteiger partial charge in [0, 0.05) is 13.0 Å². The van der Waals surface area contributed by atoms with Gasteiger partial charge in [0.2, 0.25) is 11.8 Å². The van der Waals surface area contributed by atoms with Crippen LogP contribution in [0.1, 0.15) is 31.2 Å². The van der Waals surface area contributed by atoms with Crippen LogP contribution in [0, 0.1) is 0 Å². The molecule has 0 aromatic heterocycles. The summed E-state index contributed by atoms with van der Waals surface area (Å²) in [6.45, 7) is 0.965. The smallest absolute Gasteiger partial charge is 0.326 e. The minimum absolute atomic E-state index is 0.0793. The molecule has 1 aliphatic heterocycles. The molecule has 0 saturated carbocycles. The van der Waals surface area contributed by atoms with Crippen molar-refractivity contribution in [3.63, 3.8) is 0 Å². The Labute approximate surface area is 180 Å². The Morgan fingerprint density at radius 2 is 1.87 bits per heavy atom. The summed E-state index contributed by atoms with van der Waals surface area (Å²) in [4.78, 5) is 40.8. The van der Waals surface area contributed by atoms with E-state index in [1.54, 1.807) is 12.1 Å². The first-order chi connectivity index (χ1) is 14.8. The molecule has 0 spiro atoms. The summed E-state index contributed by atoms with van der Waals surface area (Å²) in [6.07, 6.45) is 2.16. The number of rotatable bonds is 11. The molecule has 11 nitrogen and oxygen atoms in total. The fraction of sp³-hybridized carbons (Fsp3) is 0.500. The Balaban J connectivity index is 2.06. The lowest BCUT2D eigenvalue weighted by Crippen LogP contribution is -2.55. The molecule has 0 unspecified atom stereocenters. The van der Waals surface area contributed by atoms with E-state index in [4.69, 9.17) is 11.5 Å². The summed E-state index contributed by atoms with van der Waals surface area (Å²) < 4.78 is 0. The minimum Gasteiger partial charge on any atom is -0.508 e. The molecule has 1 fully saturated rings. The number of guanidine groups is 1. The van der Waals surface area contributed by atoms with Gasteiger partial charge in [-0.25, -0.2) is 4.79 Å². The standard InChI is InChI=1S/C20H30N6O5/c21-20(22)24-10-2-4-15(19(30)31)25-18(29)16(11-12-5-7-13(27)8-6-12)26-17(28)14-3-1-9-23-14/h5-8,14-16,23,27H,1-4,9-11H2,(H,25,29)(H,26,28)(H,30,31)(H4,21,22,24)/t14-,15-,16-/m0/s1. The highest BCUT2D eigenvalue weighted by molar-refractivity contribution is 5.92. The molecule has 3 atom stereocenters. The van der Waals surface area contributed by atoms with Crippen LogP contribution >= 0.6 is 0 Å². The predicted molar refractivity (Wildman–Crippen MR) is 114 cm³/mol. The van der Waals surface area contributed by atoms with E-state index < -0.39 is 24.0 Å². The molecule has 11 heteroatoms. The fourth-order valence-electron chi connectivity index (χ4n) is 3.29. The quantitative estimate of drug-likeness (QED) is 0.128. The Morgan fingerprint density at radius 3 is 2.45 bits per heavy atom. The summed E-state index contributed by atoms with van der Waals surface area (Å²) in [5.41, 5.74) is 11.2. The third-order valence-corrected chi connectivity index (χ3v) is 4.95. The van der Waals surface area contributed by atoms with Crippen molar-refractivity contribution in [1.29, 1.82) is 0 Å². The Bertz CT molecular complexity index is 788. The Hall–Kier alpha value is -3.34. The number of carboxylic acid groups (broad SMARTS) is 1. The van der Waals surface area contributed by atoms with E-state index in [0.29, 0.717) is 18.4 Å². The van der Waals surface area contributed by atoms with Gasteiger partial charge in [-0.3, -0.25) is 14.6 Å². The van der Waals surface area contributed by atoms with Crippen molar-refractivity contribution in [3.8, 4) is 5.75 Å². The number of hydrogen-bond acceptors (Lipinski definition) is 6. The highest BCUT2D eigenvalue weighted by Gasteiger charge is 2.30. The lowest BCUT2D eigenvalue weighted by atomic mass is 10.0. The van der Waals surface area contributed by atoms with Crippen LogP contribution in [-0.2, 0) is 20.8 Å². The van der Waals surface area contributed by atoms with E-state index in [9.17, 15) is 24.6 Å². The van der Waals surface area contributed by atoms with Gasteiger partial charge < -0.3 is 37.6 Å². The summed E-state index contributed by atoms with van der Waals surface area (Å²) in [5.74, 6) is -2.11. The number of nitrogens with one attached hydrogen (secondary N) is 3. The molecule has 2 amide bonds. The second kappa shape index (κ2) is 11.7. The van der Waals surface area contributed by atoms with Gasteiger partial charge in [0.15, 0.2) is 5.96 Å². The third kappa shape index (κ3) is 8.13. The minimum atomic E-state index is -1.19. The Morgan fingerprint density at radius 1 is 1.16 bits per heavy atom. The number of hydrogen-bond donors (Lipinski definition) is 7. The van der Waals surface area contributed by atoms with Crippen molar-refractivity contribution in [2.75, 3.05) is 13.1 Å². The van der Waals surface area contributed by atoms with Crippen molar-refractivity contribution < 1.29 is 24.6 Å². The SMILES string of the molecule is NC(N)=NCCC[C@H](NC(=O)[C@H](Cc1ccc(O)cc1)NC(=O)[C@@H]1CCCN1)C(=O)O. The van der Waals surface area contributed by atoms with Gasteiger partial charge in [-0.2, -0.15) is 0 Å². The number of amides is 2. The van der Waals surface area contributed by atoms with Crippen LogP contribution in [0.2, 0.25) is 0 Å². The monoisotopic (exact) mass is 434 g/mol. The number of phenols is 1. The first-order valence-electron chi connectivity index (χ1n) is 10.2. The molecular weight excluding hydrogens is 404 g/mol. The van der Waals surface area contributed by atoms with Gasteiger partial charge in [0.25, 0.3) is 0 Å². The number of carboxylic acids is 1. The maximum Gasteiger partial charge on any atom is 0.326 e. The zero-order chi connectivity index (χ0) is 22.8. The van der Waals surface area contributed by atoms with Crippen LogP contribution in [0.4, 0.5) is 0 Å². The lowest BCUT2D eigenvalue weighted by Gasteiger charge is -2.23. The number of aliphatic carboxylic acids is 1. The number of nitrogens with zero attached hydrogens (tertiary/aromatic N) is 1. The highest BCUT2D eigenvalue weighted by atomic mass is 16.4. The highest BCUT2D eigenvalue weighted by Crippen LogP contribution is 2.13. The largest absolute Gasteiger partial charge is 0.508 e. The number of carbonyl (C=O) groups is 3. The number of aliphatic imine (C=N–C) groups is 1. The molecule has 0 aliphatic carbocycles. The second-order valence-electron chi connectivity index (χ2n) is 7.43. The van der Waals surface area contributed by atoms with Gasteiger partial charge in [-0.05, 0) is 49.9 Å². The molecule has 31 heavy (non-hydrogen) atoms. The van der Waals surface area contributed by atoms with Crippen LogP contribution in [0.15, 0.2) is 29.3 Å². The molecule has 1 heterocycles. The molecule has 2 rings (SSSR count). The van der Waals surface area contributed by atoms with E-state index in [1.807, 2.05) is 0 Å². The molecular formula is C20H30N6O5. The van der Waals surface area contributed by atoms with Crippen LogP contribution in [0.5, 0.6) is 5.75 Å². The van der Waals surface area contributed by atoms with Crippen molar-refractivity contribution in [2.24, 2.45) is 16.5 Å². The zero-order valence-corrected chi connectivity index (χ0v) is 17.2. The van der Waals surface area contributed by atoms with Crippen molar-refractivity contribution in [1.82, 2.24) is 16.0 Å². The maximum atomic E-state index is 12.9. The fourth-order valence-corrected chi connectivity index (χ4v) is 3.29. The maximum absolute atomic E-state index is 12.9. The topological polar surface area (TPSA) is 192 Å². The summed E-state index contributed by atoms with van der Waals surface area (Å²) in [7, 11) is 0. The summed E-state index contributed by atoms with van der Waals surface area (Å²) >= 11 is 0. The molecule has 0 radical (unpaired) electrons.